The molecule has 1 atom stereocenters. The van der Waals surface area contributed by atoms with Crippen molar-refractivity contribution in [3.8, 4) is 0 Å². The molecule has 0 saturated heterocycles. The summed E-state index contributed by atoms with van der Waals surface area (Å²) in [5, 5.41) is 8.79. The van der Waals surface area contributed by atoms with E-state index in [2.05, 4.69) is 0 Å². The van der Waals surface area contributed by atoms with Crippen LogP contribution in [0.25, 0.3) is 0 Å². The lowest BCUT2D eigenvalue weighted by Gasteiger charge is -2.10. The molecule has 0 spiro atoms. The highest BCUT2D eigenvalue weighted by molar-refractivity contribution is 5.99. The van der Waals surface area contributed by atoms with Crippen LogP contribution >= 0.6 is 0 Å². The highest BCUT2D eigenvalue weighted by Gasteiger charge is 2.18. The van der Waals surface area contributed by atoms with Gasteiger partial charge in [-0.1, -0.05) is 13.0 Å². The van der Waals surface area contributed by atoms with Crippen molar-refractivity contribution in [2.24, 2.45) is 5.92 Å². The maximum absolute atomic E-state index is 12.0. The summed E-state index contributed by atoms with van der Waals surface area (Å²) in [4.78, 5) is 22.7. The summed E-state index contributed by atoms with van der Waals surface area (Å²) in [6.07, 6.45) is 0.0542. The smallest absolute Gasteiger partial charge is 0.306 e. The van der Waals surface area contributed by atoms with E-state index < -0.39 is 11.9 Å². The molecule has 1 N–H and O–H groups in total. The predicted molar refractivity (Wildman–Crippen MR) is 66.4 cm³/mol. The van der Waals surface area contributed by atoms with Gasteiger partial charge in [0.1, 0.15) is 0 Å². The highest BCUT2D eigenvalue weighted by Crippen LogP contribution is 2.18. The molecule has 3 nitrogen and oxygen atoms in total. The maximum atomic E-state index is 12.0. The summed E-state index contributed by atoms with van der Waals surface area (Å²) < 4.78 is 0. The molecule has 17 heavy (non-hydrogen) atoms. The fourth-order valence-corrected chi connectivity index (χ4v) is 1.74. The third-order valence-electron chi connectivity index (χ3n) is 3.05. The third-order valence-corrected chi connectivity index (χ3v) is 3.05. The van der Waals surface area contributed by atoms with Crippen molar-refractivity contribution >= 4 is 11.8 Å². The van der Waals surface area contributed by atoms with Crippen LogP contribution in [-0.4, -0.2) is 16.9 Å². The number of hydrogen-bond acceptors (Lipinski definition) is 2. The summed E-state index contributed by atoms with van der Waals surface area (Å²) in [5.74, 6) is -1.66. The van der Waals surface area contributed by atoms with Gasteiger partial charge in [0.15, 0.2) is 5.78 Å². The molecule has 0 aliphatic rings. The predicted octanol–water partition coefficient (Wildman–Crippen LogP) is 2.91. The average Bonchev–Trinajstić information content (AvgIpc) is 2.22. The number of benzene rings is 1. The van der Waals surface area contributed by atoms with Crippen molar-refractivity contribution in [1.29, 1.82) is 0 Å². The number of carbonyl (C=O) groups excluding carboxylic acids is 1. The normalized spacial score (nSPS) is 12.2. The average molecular weight is 234 g/mol. The van der Waals surface area contributed by atoms with Crippen molar-refractivity contribution in [3.63, 3.8) is 0 Å². The Balaban J connectivity index is 2.97. The summed E-state index contributed by atoms with van der Waals surface area (Å²) in [6.45, 7) is 7.38. The van der Waals surface area contributed by atoms with Crippen LogP contribution in [0.4, 0.5) is 0 Å². The van der Waals surface area contributed by atoms with Gasteiger partial charge in [-0.3, -0.25) is 9.59 Å². The summed E-state index contributed by atoms with van der Waals surface area (Å²) in [6, 6.07) is 3.82. The number of carbonyl (C=O) groups is 2. The Morgan fingerprint density at radius 3 is 2.18 bits per heavy atom. The van der Waals surface area contributed by atoms with Gasteiger partial charge >= 0.3 is 5.97 Å². The van der Waals surface area contributed by atoms with E-state index in [4.69, 9.17) is 5.11 Å². The first-order valence-corrected chi connectivity index (χ1v) is 5.66. The van der Waals surface area contributed by atoms with E-state index in [0.29, 0.717) is 5.56 Å². The molecule has 0 heterocycles. The topological polar surface area (TPSA) is 54.4 Å². The number of aryl methyl sites for hydroxylation is 3. The summed E-state index contributed by atoms with van der Waals surface area (Å²) in [7, 11) is 0. The Morgan fingerprint density at radius 1 is 1.12 bits per heavy atom. The molecule has 3 heteroatoms. The molecule has 0 aliphatic carbocycles. The van der Waals surface area contributed by atoms with Crippen molar-refractivity contribution in [2.75, 3.05) is 0 Å². The molecule has 1 unspecified atom stereocenters. The quantitative estimate of drug-likeness (QED) is 0.815. The third kappa shape index (κ3) is 3.16. The molecular weight excluding hydrogens is 216 g/mol. The van der Waals surface area contributed by atoms with Crippen LogP contribution in [0, 0.1) is 26.7 Å². The molecule has 92 valence electrons. The van der Waals surface area contributed by atoms with Gasteiger partial charge in [-0.15, -0.1) is 0 Å². The first kappa shape index (κ1) is 13.4. The Labute approximate surface area is 101 Å². The molecule has 1 aromatic carbocycles. The van der Waals surface area contributed by atoms with Crippen LogP contribution < -0.4 is 0 Å². The minimum absolute atomic E-state index is 0.0542. The van der Waals surface area contributed by atoms with E-state index in [0.717, 1.165) is 16.7 Å². The highest BCUT2D eigenvalue weighted by atomic mass is 16.4. The number of carboxylic acid groups (broad SMARTS) is 1. The Morgan fingerprint density at radius 2 is 1.65 bits per heavy atom. The Kier molecular flexibility index (Phi) is 4.05. The van der Waals surface area contributed by atoms with Gasteiger partial charge in [0.25, 0.3) is 0 Å². The molecule has 0 bridgehead atoms. The maximum Gasteiger partial charge on any atom is 0.306 e. The van der Waals surface area contributed by atoms with Crippen LogP contribution in [0.3, 0.4) is 0 Å². The lowest BCUT2D eigenvalue weighted by Crippen LogP contribution is -2.15. The standard InChI is InChI=1S/C14H18O3/c1-8-5-10(3)12(6-9(8)2)13(15)7-11(4)14(16)17/h5-6,11H,7H2,1-4H3,(H,16,17). The molecule has 0 aliphatic heterocycles. The van der Waals surface area contributed by atoms with Crippen molar-refractivity contribution in [1.82, 2.24) is 0 Å². The van der Waals surface area contributed by atoms with E-state index in [-0.39, 0.29) is 12.2 Å². The number of rotatable bonds is 4. The van der Waals surface area contributed by atoms with Crippen molar-refractivity contribution in [2.45, 2.75) is 34.1 Å². The van der Waals surface area contributed by atoms with E-state index in [1.54, 1.807) is 6.92 Å². The minimum Gasteiger partial charge on any atom is -0.481 e. The largest absolute Gasteiger partial charge is 0.481 e. The summed E-state index contributed by atoms with van der Waals surface area (Å²) >= 11 is 0. The van der Waals surface area contributed by atoms with Gasteiger partial charge in [0, 0.05) is 12.0 Å². The Hall–Kier alpha value is -1.64. The van der Waals surface area contributed by atoms with E-state index in [1.807, 2.05) is 32.9 Å². The van der Waals surface area contributed by atoms with Crippen LogP contribution in [0.1, 0.15) is 40.4 Å². The first-order chi connectivity index (χ1) is 7.82. The zero-order valence-electron chi connectivity index (χ0n) is 10.7. The SMILES string of the molecule is Cc1cc(C)c(C(=O)CC(C)C(=O)O)cc1C. The van der Waals surface area contributed by atoms with E-state index in [1.165, 1.54) is 0 Å². The second kappa shape index (κ2) is 5.13. The van der Waals surface area contributed by atoms with E-state index >= 15 is 0 Å². The van der Waals surface area contributed by atoms with Crippen LogP contribution in [-0.2, 0) is 4.79 Å². The molecule has 0 saturated carbocycles. The molecule has 0 amide bonds. The van der Waals surface area contributed by atoms with E-state index in [9.17, 15) is 9.59 Å². The molecule has 1 rings (SSSR count). The molecule has 0 fully saturated rings. The fraction of sp³-hybridized carbons (Fsp3) is 0.429. The monoisotopic (exact) mass is 234 g/mol. The van der Waals surface area contributed by atoms with Crippen LogP contribution in [0.2, 0.25) is 0 Å². The second-order valence-corrected chi connectivity index (χ2v) is 4.62. The van der Waals surface area contributed by atoms with Crippen LogP contribution in [0.5, 0.6) is 0 Å². The fourth-order valence-electron chi connectivity index (χ4n) is 1.74. The first-order valence-electron chi connectivity index (χ1n) is 5.66. The molecule has 1 aromatic rings. The van der Waals surface area contributed by atoms with Gasteiger partial charge in [-0.25, -0.2) is 0 Å². The van der Waals surface area contributed by atoms with Gasteiger partial charge in [0.2, 0.25) is 0 Å². The zero-order valence-corrected chi connectivity index (χ0v) is 10.7. The Bertz CT molecular complexity index is 461. The molecule has 0 radical (unpaired) electrons. The number of aliphatic carboxylic acids is 1. The van der Waals surface area contributed by atoms with Crippen molar-refractivity contribution in [3.05, 3.63) is 34.4 Å². The number of carboxylic acids is 1. The minimum atomic E-state index is -0.931. The number of Topliss-reactive ketones (excluding diaryl/α,β-unsaturated/α-hetero) is 1. The van der Waals surface area contributed by atoms with Gasteiger partial charge in [-0.2, -0.15) is 0 Å². The van der Waals surface area contributed by atoms with Gasteiger partial charge in [0.05, 0.1) is 5.92 Å². The van der Waals surface area contributed by atoms with Crippen LogP contribution in [0.15, 0.2) is 12.1 Å². The lowest BCUT2D eigenvalue weighted by molar-refractivity contribution is -0.141. The number of ketones is 1. The summed E-state index contributed by atoms with van der Waals surface area (Å²) in [5.41, 5.74) is 3.75. The molecule has 0 aromatic heterocycles. The van der Waals surface area contributed by atoms with Gasteiger partial charge in [-0.05, 0) is 43.5 Å². The molecular formula is C14H18O3. The van der Waals surface area contributed by atoms with Gasteiger partial charge < -0.3 is 5.11 Å². The zero-order chi connectivity index (χ0) is 13.2. The van der Waals surface area contributed by atoms with Crippen molar-refractivity contribution < 1.29 is 14.7 Å². The second-order valence-electron chi connectivity index (χ2n) is 4.62. The number of hydrogen-bond donors (Lipinski definition) is 1. The lowest BCUT2D eigenvalue weighted by atomic mass is 9.93.